The van der Waals surface area contributed by atoms with Gasteiger partial charge in [-0.25, -0.2) is 29.3 Å². The molecule has 1 aliphatic heterocycles. The number of carbonyl (C=O) groups is 8. The molecule has 22 heteroatoms. The first-order valence-electron chi connectivity index (χ1n) is 23.8. The number of ether oxygens (including phenoxy) is 3. The van der Waals surface area contributed by atoms with Crippen molar-refractivity contribution in [3.05, 3.63) is 214 Å². The first kappa shape index (κ1) is 58.7. The van der Waals surface area contributed by atoms with Gasteiger partial charge in [-0.3, -0.25) is 34.1 Å². The number of ketones is 2. The van der Waals surface area contributed by atoms with Crippen LogP contribution in [0.15, 0.2) is 169 Å². The van der Waals surface area contributed by atoms with Gasteiger partial charge >= 0.3 is 17.9 Å². The Morgan fingerprint density at radius 2 is 0.962 bits per heavy atom. The number of imide groups is 1. The van der Waals surface area contributed by atoms with Gasteiger partial charge in [0.2, 0.25) is 35.0 Å². The van der Waals surface area contributed by atoms with Crippen LogP contribution < -0.4 is 36.1 Å². The topological polar surface area (TPSA) is 347 Å². The van der Waals surface area contributed by atoms with E-state index in [0.29, 0.717) is 50.3 Å². The summed E-state index contributed by atoms with van der Waals surface area (Å²) in [6.07, 6.45) is 1.55. The van der Waals surface area contributed by atoms with Crippen LogP contribution in [-0.2, 0) is 39.0 Å². The van der Waals surface area contributed by atoms with E-state index in [1.807, 2.05) is 91.0 Å². The van der Waals surface area contributed by atoms with E-state index >= 15 is 0 Å². The largest absolute Gasteiger partial charge is 0.477 e. The number of rotatable bonds is 14. The lowest BCUT2D eigenvalue weighted by Crippen LogP contribution is -2.52. The number of carboxylic acid groups (broad SMARTS) is 3. The summed E-state index contributed by atoms with van der Waals surface area (Å²) in [5, 5.41) is 30.7. The summed E-state index contributed by atoms with van der Waals surface area (Å²) < 4.78 is 16.4. The van der Waals surface area contributed by atoms with Crippen molar-refractivity contribution in [1.82, 2.24) is 30.6 Å². The average molecular weight is 1060 g/mol. The van der Waals surface area contributed by atoms with E-state index in [1.165, 1.54) is 36.4 Å². The van der Waals surface area contributed by atoms with Crippen molar-refractivity contribution in [2.24, 2.45) is 5.73 Å². The summed E-state index contributed by atoms with van der Waals surface area (Å²) in [5.74, 6) is -3.69. The van der Waals surface area contributed by atoms with Crippen molar-refractivity contribution in [2.45, 2.75) is 64.0 Å². The fourth-order valence-corrected chi connectivity index (χ4v) is 6.57. The Balaban J connectivity index is 0.000000188. The first-order chi connectivity index (χ1) is 37.5. The minimum atomic E-state index is -1.13. The molecule has 2 aliphatic rings. The molecular weight excluding hydrogens is 1010 g/mol. The molecule has 3 aromatic carbocycles. The Bertz CT molecular complexity index is 3120. The van der Waals surface area contributed by atoms with Gasteiger partial charge < -0.3 is 45.6 Å². The van der Waals surface area contributed by atoms with Crippen LogP contribution in [0.5, 0.6) is 17.6 Å². The predicted molar refractivity (Wildman–Crippen MR) is 278 cm³/mol. The fraction of sp³-hybridized carbons (Fsp3) is 0.179. The highest BCUT2D eigenvalue weighted by Gasteiger charge is 2.28. The van der Waals surface area contributed by atoms with E-state index in [2.05, 4.69) is 30.6 Å². The fourth-order valence-electron chi connectivity index (χ4n) is 6.57. The molecule has 0 radical (unpaired) electrons. The van der Waals surface area contributed by atoms with Crippen molar-refractivity contribution in [3.8, 4) is 17.6 Å². The number of hydrogen-bond acceptors (Lipinski definition) is 16. The summed E-state index contributed by atoms with van der Waals surface area (Å²) in [6, 6.07) is 45.9. The normalized spacial score (nSPS) is 14.2. The van der Waals surface area contributed by atoms with Gasteiger partial charge in [-0.1, -0.05) is 115 Å². The molecule has 9 rings (SSSR count). The number of Topliss-reactive ketones (excluding diaryl/α,β-unsaturated/α-hetero) is 2. The Morgan fingerprint density at radius 1 is 0.526 bits per heavy atom. The van der Waals surface area contributed by atoms with E-state index < -0.39 is 41.3 Å². The number of H-pyrrole nitrogens is 1. The quantitative estimate of drug-likeness (QED) is 0.0513. The number of pyridine rings is 4. The van der Waals surface area contributed by atoms with Gasteiger partial charge in [-0.05, 0) is 53.8 Å². The molecule has 402 valence electrons. The van der Waals surface area contributed by atoms with Crippen LogP contribution in [-0.4, -0.2) is 94.5 Å². The van der Waals surface area contributed by atoms with Crippen molar-refractivity contribution < 1.29 is 67.9 Å². The lowest BCUT2D eigenvalue weighted by Gasteiger charge is -2.21. The molecule has 1 aliphatic carbocycles. The Labute approximate surface area is 445 Å². The van der Waals surface area contributed by atoms with Gasteiger partial charge in [-0.2, -0.15) is 0 Å². The third kappa shape index (κ3) is 21.0. The molecule has 2 unspecified atom stereocenters. The Morgan fingerprint density at radius 3 is 1.35 bits per heavy atom. The second-order valence-corrected chi connectivity index (χ2v) is 16.6. The van der Waals surface area contributed by atoms with E-state index in [4.69, 9.17) is 35.3 Å². The van der Waals surface area contributed by atoms with Crippen molar-refractivity contribution >= 4 is 47.2 Å². The molecule has 0 spiro atoms. The third-order valence-corrected chi connectivity index (χ3v) is 10.6. The predicted octanol–water partition coefficient (Wildman–Crippen LogP) is 5.62. The molecule has 5 heterocycles. The number of hydrogen-bond donors (Lipinski definition) is 7. The standard InChI is InChI=1S/C18H17N3O4.2C13H11NO3.C6H5NO3.C6H9NO2/c22-15-10-9-14(18(24)21-15)20-17(23)13-7-4-8-16(19-13)25-11-12-5-2-1-3-6-12;2*15-13(16)11-7-4-8-12(14-11)17-9-10-5-2-1-3-6-10;8-5-3-1-2-4(7-5)6(9)10;7-5-2-1-4(8)3-6(5)9/h1-8,14H,9-11H2,(H,20,23)(H,21,22,24);2*1-8H,9H2,(H,15,16);1-3H,(H,7,8)(H,9,10);5H,1-3,7H2. The molecule has 3 amide bonds. The Hall–Kier alpha value is -10.2. The number of aromatic carboxylic acids is 3. The molecule has 1 saturated carbocycles. The van der Waals surface area contributed by atoms with Gasteiger partial charge in [0.15, 0.2) is 17.2 Å². The number of benzene rings is 3. The molecule has 1 saturated heterocycles. The molecular formula is C56H53N7O15. The Kier molecular flexibility index (Phi) is 23.2. The van der Waals surface area contributed by atoms with E-state index in [1.54, 1.807) is 36.4 Å². The molecule has 7 aromatic rings. The summed E-state index contributed by atoms with van der Waals surface area (Å²) >= 11 is 0. The number of amides is 3. The maximum Gasteiger partial charge on any atom is 0.354 e. The zero-order valence-corrected chi connectivity index (χ0v) is 41.6. The summed E-state index contributed by atoms with van der Waals surface area (Å²) in [7, 11) is 0. The molecule has 8 N–H and O–H groups in total. The molecule has 22 nitrogen and oxygen atoms in total. The molecule has 4 aromatic heterocycles. The van der Waals surface area contributed by atoms with Crippen LogP contribution in [0.1, 0.15) is 90.7 Å². The number of aromatic amines is 1. The monoisotopic (exact) mass is 1060 g/mol. The molecule has 0 bridgehead atoms. The highest BCUT2D eigenvalue weighted by atomic mass is 16.5. The summed E-state index contributed by atoms with van der Waals surface area (Å²) in [6.45, 7) is 1.08. The minimum Gasteiger partial charge on any atom is -0.477 e. The number of nitrogens with one attached hydrogen (secondary N) is 3. The number of aromatic nitrogens is 4. The van der Waals surface area contributed by atoms with E-state index in [9.17, 15) is 43.2 Å². The van der Waals surface area contributed by atoms with E-state index in [-0.39, 0.29) is 65.6 Å². The number of piperidine rings is 1. The van der Waals surface area contributed by atoms with Crippen molar-refractivity contribution in [3.63, 3.8) is 0 Å². The van der Waals surface area contributed by atoms with Crippen LogP contribution in [0.25, 0.3) is 0 Å². The number of nitrogens with zero attached hydrogens (tertiary/aromatic N) is 3. The van der Waals surface area contributed by atoms with Crippen LogP contribution in [0.3, 0.4) is 0 Å². The van der Waals surface area contributed by atoms with Crippen LogP contribution in [0.4, 0.5) is 0 Å². The summed E-state index contributed by atoms with van der Waals surface area (Å²) in [4.78, 5) is 112. The molecule has 2 fully saturated rings. The lowest BCUT2D eigenvalue weighted by molar-refractivity contribution is -0.135. The zero-order chi connectivity index (χ0) is 56.2. The van der Waals surface area contributed by atoms with Crippen LogP contribution in [0.2, 0.25) is 0 Å². The number of nitrogens with two attached hydrogens (primary N) is 1. The zero-order valence-electron chi connectivity index (χ0n) is 41.6. The highest BCUT2D eigenvalue weighted by Crippen LogP contribution is 2.15. The van der Waals surface area contributed by atoms with Gasteiger partial charge in [0, 0.05) is 37.1 Å². The van der Waals surface area contributed by atoms with Crippen LogP contribution >= 0.6 is 0 Å². The second-order valence-electron chi connectivity index (χ2n) is 16.6. The molecule has 2 atom stereocenters. The lowest BCUT2D eigenvalue weighted by atomic mass is 9.94. The first-order valence-corrected chi connectivity index (χ1v) is 23.8. The van der Waals surface area contributed by atoms with Gasteiger partial charge in [0.25, 0.3) is 5.91 Å². The second kappa shape index (κ2) is 30.9. The van der Waals surface area contributed by atoms with Crippen molar-refractivity contribution in [1.29, 1.82) is 0 Å². The maximum atomic E-state index is 12.3. The highest BCUT2D eigenvalue weighted by molar-refractivity contribution is 6.04. The number of carbonyl (C=O) groups excluding carboxylic acids is 5. The SMILES string of the molecule is NC1CCC(=O)CC1=O.O=C(O)c1cccc(=O)[nH]1.O=C(O)c1cccc(OCc2ccccc2)n1.O=C(O)c1cccc(OCc2ccccc2)n1.O=C1CCC(NC(=O)c2cccc(OCc3ccccc3)n2)C(=O)N1. The average Bonchev–Trinajstić information content (AvgIpc) is 3.45. The van der Waals surface area contributed by atoms with Gasteiger partial charge in [0.1, 0.15) is 43.0 Å². The maximum absolute atomic E-state index is 12.3. The van der Waals surface area contributed by atoms with Crippen LogP contribution in [0, 0.1) is 0 Å². The third-order valence-electron chi connectivity index (χ3n) is 10.6. The smallest absolute Gasteiger partial charge is 0.354 e. The van der Waals surface area contributed by atoms with E-state index in [0.717, 1.165) is 16.7 Å². The van der Waals surface area contributed by atoms with Crippen molar-refractivity contribution in [2.75, 3.05) is 0 Å². The van der Waals surface area contributed by atoms with Gasteiger partial charge in [-0.15, -0.1) is 0 Å². The summed E-state index contributed by atoms with van der Waals surface area (Å²) in [5.41, 5.74) is 7.97. The number of carboxylic acids is 3. The van der Waals surface area contributed by atoms with Gasteiger partial charge in [0.05, 0.1) is 12.5 Å². The minimum absolute atomic E-state index is 0.0180. The molecule has 78 heavy (non-hydrogen) atoms.